The lowest BCUT2D eigenvalue weighted by atomic mass is 9.84. The third kappa shape index (κ3) is 6.20. The zero-order chi connectivity index (χ0) is 19.2. The third-order valence-corrected chi connectivity index (χ3v) is 4.17. The van der Waals surface area contributed by atoms with Gasteiger partial charge in [-0.2, -0.15) is 0 Å². The molecule has 0 aliphatic rings. The molecule has 148 valence electrons. The van der Waals surface area contributed by atoms with E-state index in [-0.39, 0.29) is 29.4 Å². The first-order chi connectivity index (χ1) is 12.4. The number of benzene rings is 2. The molecule has 0 unspecified atom stereocenters. The summed E-state index contributed by atoms with van der Waals surface area (Å²) in [5.74, 6) is 2.56. The van der Waals surface area contributed by atoms with E-state index in [0.29, 0.717) is 24.0 Å². The maximum atomic E-state index is 6.03. The molecule has 0 fully saturated rings. The first-order valence-corrected chi connectivity index (χ1v) is 8.33. The minimum Gasteiger partial charge on any atom is -0.497 e. The summed E-state index contributed by atoms with van der Waals surface area (Å²) in [6.07, 6.45) is 0. The van der Waals surface area contributed by atoms with Crippen LogP contribution in [0.3, 0.4) is 0 Å². The van der Waals surface area contributed by atoms with E-state index in [1.54, 1.807) is 21.3 Å². The van der Waals surface area contributed by atoms with Gasteiger partial charge in [-0.15, -0.1) is 24.0 Å². The van der Waals surface area contributed by atoms with Crippen molar-refractivity contribution in [1.29, 1.82) is 0 Å². The van der Waals surface area contributed by atoms with Gasteiger partial charge >= 0.3 is 0 Å². The van der Waals surface area contributed by atoms with Gasteiger partial charge in [0.15, 0.2) is 17.5 Å². The van der Waals surface area contributed by atoms with Gasteiger partial charge in [0.05, 0.1) is 27.9 Å². The Kier molecular flexibility index (Phi) is 8.68. The number of anilines is 1. The summed E-state index contributed by atoms with van der Waals surface area (Å²) in [5, 5.41) is 3.09. The molecule has 0 aliphatic heterocycles. The molecule has 0 bridgehead atoms. The lowest BCUT2D eigenvalue weighted by Crippen LogP contribution is -2.27. The molecule has 0 radical (unpaired) electrons. The quantitative estimate of drug-likeness (QED) is 0.352. The lowest BCUT2D eigenvalue weighted by Gasteiger charge is -2.24. The van der Waals surface area contributed by atoms with E-state index in [1.165, 1.54) is 0 Å². The number of hydrogen-bond donors (Lipinski definition) is 2. The van der Waals surface area contributed by atoms with E-state index in [4.69, 9.17) is 19.9 Å². The summed E-state index contributed by atoms with van der Waals surface area (Å²) < 4.78 is 15.8. The number of hydrogen-bond acceptors (Lipinski definition) is 4. The molecule has 0 atom stereocenters. The molecule has 3 N–H and O–H groups in total. The summed E-state index contributed by atoms with van der Waals surface area (Å²) in [6, 6.07) is 13.4. The van der Waals surface area contributed by atoms with Gasteiger partial charge in [-0.05, 0) is 42.0 Å². The Morgan fingerprint density at radius 3 is 2.15 bits per heavy atom. The van der Waals surface area contributed by atoms with Crippen LogP contribution in [0.25, 0.3) is 0 Å². The smallest absolute Gasteiger partial charge is 0.193 e. The van der Waals surface area contributed by atoms with Crippen LogP contribution >= 0.6 is 24.0 Å². The van der Waals surface area contributed by atoms with Gasteiger partial charge in [0.1, 0.15) is 5.75 Å². The molecule has 0 saturated heterocycles. The van der Waals surface area contributed by atoms with Crippen LogP contribution in [0.5, 0.6) is 17.2 Å². The van der Waals surface area contributed by atoms with Crippen LogP contribution in [0.15, 0.2) is 47.5 Å². The molecule has 6 nitrogen and oxygen atoms in total. The van der Waals surface area contributed by atoms with Crippen molar-refractivity contribution in [2.24, 2.45) is 10.7 Å². The van der Waals surface area contributed by atoms with Crippen LogP contribution in [-0.2, 0) is 5.41 Å². The Labute approximate surface area is 178 Å². The van der Waals surface area contributed by atoms with E-state index in [9.17, 15) is 0 Å². The fourth-order valence-corrected chi connectivity index (χ4v) is 2.49. The van der Waals surface area contributed by atoms with Crippen LogP contribution in [0.2, 0.25) is 0 Å². The van der Waals surface area contributed by atoms with Crippen molar-refractivity contribution in [3.63, 3.8) is 0 Å². The number of halogens is 1. The van der Waals surface area contributed by atoms with E-state index in [1.807, 2.05) is 42.5 Å². The normalized spacial score (nSPS) is 11.4. The minimum atomic E-state index is -0.217. The van der Waals surface area contributed by atoms with Gasteiger partial charge in [0.2, 0.25) is 0 Å². The van der Waals surface area contributed by atoms with E-state index < -0.39 is 0 Å². The molecular weight excluding hydrogens is 457 g/mol. The van der Waals surface area contributed by atoms with Gasteiger partial charge in [-0.3, -0.25) is 4.99 Å². The Bertz CT molecular complexity index is 762. The van der Waals surface area contributed by atoms with Crippen molar-refractivity contribution < 1.29 is 14.2 Å². The molecule has 2 aromatic carbocycles. The highest BCUT2D eigenvalue weighted by Gasteiger charge is 2.22. The number of nitrogens with one attached hydrogen (secondary N) is 1. The van der Waals surface area contributed by atoms with Crippen LogP contribution in [0.4, 0.5) is 5.69 Å². The van der Waals surface area contributed by atoms with Gasteiger partial charge in [0, 0.05) is 11.1 Å². The summed E-state index contributed by atoms with van der Waals surface area (Å²) in [7, 11) is 4.89. The summed E-state index contributed by atoms with van der Waals surface area (Å²) >= 11 is 0. The summed E-state index contributed by atoms with van der Waals surface area (Å²) in [5.41, 5.74) is 7.76. The number of nitrogens with zero attached hydrogens (tertiary/aromatic N) is 1. The number of rotatable bonds is 7. The van der Waals surface area contributed by atoms with Gasteiger partial charge in [-0.1, -0.05) is 19.9 Å². The molecule has 2 aromatic rings. The summed E-state index contributed by atoms with van der Waals surface area (Å²) in [4.78, 5) is 4.49. The largest absolute Gasteiger partial charge is 0.497 e. The van der Waals surface area contributed by atoms with Gasteiger partial charge < -0.3 is 25.3 Å². The average molecular weight is 485 g/mol. The Morgan fingerprint density at radius 2 is 1.59 bits per heavy atom. The highest BCUT2D eigenvalue weighted by Crippen LogP contribution is 2.33. The first kappa shape index (κ1) is 22.9. The maximum absolute atomic E-state index is 6.03. The van der Waals surface area contributed by atoms with E-state index in [2.05, 4.69) is 24.2 Å². The molecule has 0 spiro atoms. The van der Waals surface area contributed by atoms with Crippen molar-refractivity contribution in [3.8, 4) is 17.2 Å². The van der Waals surface area contributed by atoms with Crippen LogP contribution in [0.1, 0.15) is 19.4 Å². The fourth-order valence-electron chi connectivity index (χ4n) is 2.49. The molecular formula is C20H28IN3O3. The molecule has 7 heteroatoms. The van der Waals surface area contributed by atoms with Gasteiger partial charge in [-0.25, -0.2) is 0 Å². The maximum Gasteiger partial charge on any atom is 0.193 e. The van der Waals surface area contributed by atoms with Crippen molar-refractivity contribution in [2.45, 2.75) is 19.3 Å². The molecule has 2 rings (SSSR count). The SMILES string of the molecule is COc1ccc(NC(N)=NCC(C)(C)c2ccc(OC)c(OC)c2)cc1.I. The zero-order valence-corrected chi connectivity index (χ0v) is 18.7. The van der Waals surface area contributed by atoms with Crippen LogP contribution < -0.4 is 25.3 Å². The fraction of sp³-hybridized carbons (Fsp3) is 0.350. The molecule has 27 heavy (non-hydrogen) atoms. The molecule has 0 saturated carbocycles. The standard InChI is InChI=1S/C20H27N3O3.HI/c1-20(2,14-6-11-17(25-4)18(12-14)26-5)13-22-19(21)23-15-7-9-16(24-3)10-8-15;/h6-12H,13H2,1-5H3,(H3,21,22,23);1H. The molecule has 0 aromatic heterocycles. The second-order valence-corrected chi connectivity index (χ2v) is 6.51. The van der Waals surface area contributed by atoms with Crippen molar-refractivity contribution >= 4 is 35.6 Å². The van der Waals surface area contributed by atoms with E-state index >= 15 is 0 Å². The predicted molar refractivity (Wildman–Crippen MR) is 121 cm³/mol. The highest BCUT2D eigenvalue weighted by molar-refractivity contribution is 14.0. The number of methoxy groups -OCH3 is 3. The molecule has 0 amide bonds. The minimum absolute atomic E-state index is 0. The van der Waals surface area contributed by atoms with E-state index in [0.717, 1.165) is 17.0 Å². The Morgan fingerprint density at radius 1 is 0.963 bits per heavy atom. The van der Waals surface area contributed by atoms with Crippen molar-refractivity contribution in [2.75, 3.05) is 33.2 Å². The first-order valence-electron chi connectivity index (χ1n) is 8.33. The Hall–Kier alpha value is -2.16. The van der Waals surface area contributed by atoms with Crippen molar-refractivity contribution in [1.82, 2.24) is 0 Å². The molecule has 0 aliphatic carbocycles. The predicted octanol–water partition coefficient (Wildman–Crippen LogP) is 4.03. The van der Waals surface area contributed by atoms with Crippen molar-refractivity contribution in [3.05, 3.63) is 48.0 Å². The average Bonchev–Trinajstić information content (AvgIpc) is 2.66. The number of aliphatic imine (C=N–C) groups is 1. The zero-order valence-electron chi connectivity index (χ0n) is 16.4. The second kappa shape index (κ2) is 10.2. The summed E-state index contributed by atoms with van der Waals surface area (Å²) in [6.45, 7) is 4.74. The number of nitrogens with two attached hydrogens (primary N) is 1. The third-order valence-electron chi connectivity index (χ3n) is 4.17. The lowest BCUT2D eigenvalue weighted by molar-refractivity contribution is 0.353. The van der Waals surface area contributed by atoms with Crippen LogP contribution in [-0.4, -0.2) is 33.8 Å². The Balaban J connectivity index is 0.00000364. The highest BCUT2D eigenvalue weighted by atomic mass is 127. The monoisotopic (exact) mass is 485 g/mol. The second-order valence-electron chi connectivity index (χ2n) is 6.51. The van der Waals surface area contributed by atoms with Gasteiger partial charge in [0.25, 0.3) is 0 Å². The van der Waals surface area contributed by atoms with Crippen LogP contribution in [0, 0.1) is 0 Å². The number of guanidine groups is 1. The number of ether oxygens (including phenoxy) is 3. The topological polar surface area (TPSA) is 78.1 Å². The molecule has 0 heterocycles.